The Balaban J connectivity index is 1.53. The normalized spacial score (nSPS) is 17.5. The lowest BCUT2D eigenvalue weighted by atomic mass is 10.1. The molecule has 28 heavy (non-hydrogen) atoms. The summed E-state index contributed by atoms with van der Waals surface area (Å²) >= 11 is 1.44. The maximum Gasteiger partial charge on any atom is 0.233 e. The largest absolute Gasteiger partial charge is 0.376 e. The number of fused-ring (bicyclic) bond motifs is 1. The molecule has 2 aromatic carbocycles. The summed E-state index contributed by atoms with van der Waals surface area (Å²) in [6.45, 7) is 3.26. The molecule has 1 N–H and O–H groups in total. The molecule has 0 spiro atoms. The van der Waals surface area contributed by atoms with E-state index in [0.717, 1.165) is 46.5 Å². The Bertz CT molecular complexity index is 958. The molecule has 0 aliphatic carbocycles. The first-order valence-corrected chi connectivity index (χ1v) is 10.5. The Hall–Kier alpha value is -2.44. The number of nitrogens with one attached hydrogen (secondary N) is 1. The number of carbonyl (C=O) groups excluding carboxylic acids is 1. The average molecular weight is 394 g/mol. The van der Waals surface area contributed by atoms with Crippen LogP contribution in [0, 0.1) is 0 Å². The third-order valence-corrected chi connectivity index (χ3v) is 5.98. The van der Waals surface area contributed by atoms with Gasteiger partial charge in [0.25, 0.3) is 0 Å². The van der Waals surface area contributed by atoms with Gasteiger partial charge in [-0.2, -0.15) is 0 Å². The van der Waals surface area contributed by atoms with Gasteiger partial charge in [-0.15, -0.1) is 10.2 Å². The molecule has 4 rings (SSSR count). The summed E-state index contributed by atoms with van der Waals surface area (Å²) in [6, 6.07) is 18.1. The van der Waals surface area contributed by atoms with Gasteiger partial charge in [0.15, 0.2) is 0 Å². The van der Waals surface area contributed by atoms with Crippen molar-refractivity contribution in [3.05, 3.63) is 54.6 Å². The highest BCUT2D eigenvalue weighted by Gasteiger charge is 2.21. The predicted octanol–water partition coefficient (Wildman–Crippen LogP) is 4.07. The van der Waals surface area contributed by atoms with Crippen LogP contribution in [-0.2, 0) is 9.53 Å². The highest BCUT2D eigenvalue weighted by Crippen LogP contribution is 2.33. The van der Waals surface area contributed by atoms with E-state index < -0.39 is 0 Å². The number of amides is 1. The first kappa shape index (κ1) is 18.9. The lowest BCUT2D eigenvalue weighted by molar-refractivity contribution is -0.120. The Morgan fingerprint density at radius 2 is 1.89 bits per heavy atom. The minimum absolute atomic E-state index is 0.00137. The number of hydrogen-bond donors (Lipinski definition) is 1. The second kappa shape index (κ2) is 8.71. The third kappa shape index (κ3) is 4.18. The minimum Gasteiger partial charge on any atom is -0.376 e. The Morgan fingerprint density at radius 3 is 2.64 bits per heavy atom. The second-order valence-electron chi connectivity index (χ2n) is 6.91. The van der Waals surface area contributed by atoms with E-state index in [-0.39, 0.29) is 17.3 Å². The molecule has 1 amide bonds. The summed E-state index contributed by atoms with van der Waals surface area (Å²) in [6.07, 6.45) is 2.23. The van der Waals surface area contributed by atoms with Crippen LogP contribution in [0.15, 0.2) is 59.6 Å². The van der Waals surface area contributed by atoms with E-state index >= 15 is 0 Å². The van der Waals surface area contributed by atoms with Crippen LogP contribution in [0.3, 0.4) is 0 Å². The monoisotopic (exact) mass is 393 g/mol. The number of carbonyl (C=O) groups is 1. The van der Waals surface area contributed by atoms with E-state index in [2.05, 4.69) is 21.6 Å². The number of aromatic nitrogens is 2. The van der Waals surface area contributed by atoms with Gasteiger partial charge in [0, 0.05) is 29.5 Å². The van der Waals surface area contributed by atoms with Gasteiger partial charge in [0.2, 0.25) is 5.91 Å². The Morgan fingerprint density at radius 1 is 1.14 bits per heavy atom. The minimum atomic E-state index is -0.262. The first-order valence-electron chi connectivity index (χ1n) is 9.59. The van der Waals surface area contributed by atoms with E-state index in [1.54, 1.807) is 0 Å². The molecule has 5 nitrogen and oxygen atoms in total. The molecule has 1 aliphatic rings. The van der Waals surface area contributed by atoms with E-state index in [0.29, 0.717) is 6.54 Å². The van der Waals surface area contributed by atoms with Gasteiger partial charge < -0.3 is 10.1 Å². The zero-order valence-electron chi connectivity index (χ0n) is 15.8. The number of rotatable bonds is 6. The van der Waals surface area contributed by atoms with Crippen molar-refractivity contribution in [1.29, 1.82) is 0 Å². The third-order valence-electron chi connectivity index (χ3n) is 4.89. The molecule has 3 aromatic rings. The van der Waals surface area contributed by atoms with Crippen LogP contribution in [-0.4, -0.2) is 40.6 Å². The van der Waals surface area contributed by atoms with Crippen molar-refractivity contribution in [2.24, 2.45) is 0 Å². The zero-order valence-corrected chi connectivity index (χ0v) is 16.6. The fourth-order valence-corrected chi connectivity index (χ4v) is 4.28. The Labute approximate surface area is 168 Å². The molecule has 1 aromatic heterocycles. The van der Waals surface area contributed by atoms with Crippen LogP contribution in [0.5, 0.6) is 0 Å². The van der Waals surface area contributed by atoms with Crippen molar-refractivity contribution in [2.75, 3.05) is 13.2 Å². The lowest BCUT2D eigenvalue weighted by Gasteiger charge is -2.15. The first-order chi connectivity index (χ1) is 13.7. The smallest absolute Gasteiger partial charge is 0.233 e. The number of nitrogens with zero attached hydrogens (tertiary/aromatic N) is 2. The van der Waals surface area contributed by atoms with Crippen LogP contribution in [0.1, 0.15) is 19.8 Å². The van der Waals surface area contributed by atoms with Crippen molar-refractivity contribution >= 4 is 28.4 Å². The van der Waals surface area contributed by atoms with Crippen LogP contribution in [0.25, 0.3) is 22.0 Å². The molecule has 144 valence electrons. The molecule has 0 radical (unpaired) electrons. The highest BCUT2D eigenvalue weighted by atomic mass is 32.2. The maximum atomic E-state index is 12.5. The standard InChI is InChI=1S/C22H23N3O2S/c1-15(21(26)23-14-17-10-7-13-27-17)28-22-19-12-6-5-11-18(19)20(24-25-22)16-8-3-2-4-9-16/h2-6,8-9,11-12,15,17H,7,10,13-14H2,1H3,(H,23,26)/t15-,17-/m0/s1. The van der Waals surface area contributed by atoms with Crippen molar-refractivity contribution in [3.63, 3.8) is 0 Å². The maximum absolute atomic E-state index is 12.5. The zero-order chi connectivity index (χ0) is 19.3. The topological polar surface area (TPSA) is 64.1 Å². The molecule has 6 heteroatoms. The summed E-state index contributed by atoms with van der Waals surface area (Å²) < 4.78 is 5.57. The van der Waals surface area contributed by atoms with Gasteiger partial charge in [-0.3, -0.25) is 4.79 Å². The molecule has 0 unspecified atom stereocenters. The average Bonchev–Trinajstić information content (AvgIpc) is 3.26. The fraction of sp³-hybridized carbons (Fsp3) is 0.318. The molecule has 1 fully saturated rings. The van der Waals surface area contributed by atoms with Gasteiger partial charge in [-0.25, -0.2) is 0 Å². The Kier molecular flexibility index (Phi) is 5.88. The van der Waals surface area contributed by atoms with E-state index in [1.165, 1.54) is 11.8 Å². The molecule has 2 heterocycles. The summed E-state index contributed by atoms with van der Waals surface area (Å²) in [5, 5.41) is 14.5. The van der Waals surface area contributed by atoms with Gasteiger partial charge >= 0.3 is 0 Å². The van der Waals surface area contributed by atoms with Crippen LogP contribution < -0.4 is 5.32 Å². The van der Waals surface area contributed by atoms with E-state index in [4.69, 9.17) is 4.74 Å². The molecule has 0 saturated carbocycles. The number of benzene rings is 2. The van der Waals surface area contributed by atoms with Crippen LogP contribution in [0.4, 0.5) is 0 Å². The van der Waals surface area contributed by atoms with Crippen molar-refractivity contribution in [2.45, 2.75) is 36.1 Å². The summed E-state index contributed by atoms with van der Waals surface area (Å²) in [5.41, 5.74) is 1.89. The molecule has 1 saturated heterocycles. The number of ether oxygens (including phenoxy) is 1. The highest BCUT2D eigenvalue weighted by molar-refractivity contribution is 8.00. The van der Waals surface area contributed by atoms with Crippen molar-refractivity contribution in [1.82, 2.24) is 15.5 Å². The number of hydrogen-bond acceptors (Lipinski definition) is 5. The lowest BCUT2D eigenvalue weighted by Crippen LogP contribution is -2.36. The van der Waals surface area contributed by atoms with Gasteiger partial charge in [0.05, 0.1) is 11.4 Å². The van der Waals surface area contributed by atoms with Crippen LogP contribution in [0.2, 0.25) is 0 Å². The summed E-state index contributed by atoms with van der Waals surface area (Å²) in [4.78, 5) is 12.5. The summed E-state index contributed by atoms with van der Waals surface area (Å²) in [7, 11) is 0. The molecular formula is C22H23N3O2S. The van der Waals surface area contributed by atoms with E-state index in [9.17, 15) is 4.79 Å². The SMILES string of the molecule is C[C@H](Sc1nnc(-c2ccccc2)c2ccccc12)C(=O)NC[C@@H]1CCCO1. The molecule has 0 bridgehead atoms. The number of thioether (sulfide) groups is 1. The van der Waals surface area contributed by atoms with Crippen molar-refractivity contribution in [3.8, 4) is 11.3 Å². The molecule has 2 atom stereocenters. The second-order valence-corrected chi connectivity index (χ2v) is 8.24. The van der Waals surface area contributed by atoms with E-state index in [1.807, 2.05) is 55.5 Å². The predicted molar refractivity (Wildman–Crippen MR) is 112 cm³/mol. The van der Waals surface area contributed by atoms with Gasteiger partial charge in [-0.05, 0) is 19.8 Å². The molecule has 1 aliphatic heterocycles. The summed E-state index contributed by atoms with van der Waals surface area (Å²) in [5.74, 6) is -0.00137. The van der Waals surface area contributed by atoms with Crippen LogP contribution >= 0.6 is 11.8 Å². The van der Waals surface area contributed by atoms with Crippen molar-refractivity contribution < 1.29 is 9.53 Å². The van der Waals surface area contributed by atoms with Gasteiger partial charge in [0.1, 0.15) is 10.7 Å². The molecular weight excluding hydrogens is 370 g/mol. The quantitative estimate of drug-likeness (QED) is 0.640. The van der Waals surface area contributed by atoms with Gasteiger partial charge in [-0.1, -0.05) is 66.4 Å². The fourth-order valence-electron chi connectivity index (χ4n) is 3.36.